The van der Waals surface area contributed by atoms with Crippen LogP contribution in [0.2, 0.25) is 0 Å². The van der Waals surface area contributed by atoms with Gasteiger partial charge in [-0.05, 0) is 105 Å². The monoisotopic (exact) mass is 556 g/mol. The summed E-state index contributed by atoms with van der Waals surface area (Å²) in [5, 5.41) is 12.7. The number of rotatable bonds is 3. The lowest BCUT2D eigenvalue weighted by Gasteiger charge is -2.19. The second kappa shape index (κ2) is 9.93. The maximum absolute atomic E-state index is 2.40. The van der Waals surface area contributed by atoms with Gasteiger partial charge in [0, 0.05) is 0 Å². The molecule has 9 aromatic carbocycles. The van der Waals surface area contributed by atoms with Crippen LogP contribution in [0.15, 0.2) is 170 Å². The van der Waals surface area contributed by atoms with Crippen molar-refractivity contribution in [1.82, 2.24) is 0 Å². The summed E-state index contributed by atoms with van der Waals surface area (Å²) in [5.74, 6) is 0. The lowest BCUT2D eigenvalue weighted by atomic mass is 9.84. The minimum atomic E-state index is 1.23. The van der Waals surface area contributed by atoms with Gasteiger partial charge in [-0.2, -0.15) is 0 Å². The van der Waals surface area contributed by atoms with E-state index in [-0.39, 0.29) is 0 Å². The van der Waals surface area contributed by atoms with Crippen LogP contribution in [0.1, 0.15) is 0 Å². The number of benzene rings is 9. The van der Waals surface area contributed by atoms with Crippen molar-refractivity contribution in [2.45, 2.75) is 0 Å². The molecule has 0 aliphatic carbocycles. The molecule has 0 aliphatic rings. The van der Waals surface area contributed by atoms with E-state index >= 15 is 0 Å². The molecule has 0 fully saturated rings. The van der Waals surface area contributed by atoms with Gasteiger partial charge in [-0.25, -0.2) is 0 Å². The van der Waals surface area contributed by atoms with Crippen LogP contribution in [-0.2, 0) is 0 Å². The zero-order valence-electron chi connectivity index (χ0n) is 24.2. The highest BCUT2D eigenvalue weighted by molar-refractivity contribution is 6.24. The van der Waals surface area contributed by atoms with Gasteiger partial charge in [0.1, 0.15) is 0 Å². The minimum Gasteiger partial charge on any atom is -0.0616 e. The Morgan fingerprint density at radius 3 is 1.34 bits per heavy atom. The van der Waals surface area contributed by atoms with Crippen LogP contribution >= 0.6 is 0 Å². The zero-order valence-corrected chi connectivity index (χ0v) is 24.2. The lowest BCUT2D eigenvalue weighted by molar-refractivity contribution is 1.64. The van der Waals surface area contributed by atoms with Crippen LogP contribution < -0.4 is 0 Å². The Balaban J connectivity index is 1.34. The molecule has 0 unspecified atom stereocenters. The van der Waals surface area contributed by atoms with Gasteiger partial charge in [0.2, 0.25) is 0 Å². The van der Waals surface area contributed by atoms with Gasteiger partial charge < -0.3 is 0 Å². The SMILES string of the molecule is c1ccc2cc(-c3c4ccccc4c(-c4ccc(-c5cccc6ccccc56)cc4)c4cc5ccccc5cc34)ccc2c1. The molecule has 0 saturated heterocycles. The zero-order chi connectivity index (χ0) is 29.0. The van der Waals surface area contributed by atoms with Crippen LogP contribution in [0, 0.1) is 0 Å². The van der Waals surface area contributed by atoms with Crippen LogP contribution in [-0.4, -0.2) is 0 Å². The summed E-state index contributed by atoms with van der Waals surface area (Å²) >= 11 is 0. The van der Waals surface area contributed by atoms with E-state index in [2.05, 4.69) is 170 Å². The second-order valence-electron chi connectivity index (χ2n) is 11.7. The first kappa shape index (κ1) is 24.8. The highest BCUT2D eigenvalue weighted by Crippen LogP contribution is 2.45. The summed E-state index contributed by atoms with van der Waals surface area (Å²) < 4.78 is 0. The van der Waals surface area contributed by atoms with E-state index in [1.807, 2.05) is 0 Å². The molecule has 0 radical (unpaired) electrons. The Kier molecular flexibility index (Phi) is 5.61. The summed E-state index contributed by atoms with van der Waals surface area (Å²) in [4.78, 5) is 0. The van der Waals surface area contributed by atoms with Crippen LogP contribution in [0.4, 0.5) is 0 Å². The summed E-state index contributed by atoms with van der Waals surface area (Å²) in [6.45, 7) is 0. The Morgan fingerprint density at radius 2 is 0.682 bits per heavy atom. The lowest BCUT2D eigenvalue weighted by Crippen LogP contribution is -1.92. The predicted octanol–water partition coefficient (Wildman–Crippen LogP) is 12.5. The molecular formula is C44H28. The van der Waals surface area contributed by atoms with E-state index in [0.717, 1.165) is 0 Å². The maximum Gasteiger partial charge on any atom is -0.00259 e. The van der Waals surface area contributed by atoms with E-state index in [1.165, 1.54) is 87.2 Å². The van der Waals surface area contributed by atoms with Crippen LogP contribution in [0.5, 0.6) is 0 Å². The molecule has 0 nitrogen and oxygen atoms in total. The molecule has 44 heavy (non-hydrogen) atoms. The van der Waals surface area contributed by atoms with E-state index < -0.39 is 0 Å². The molecule has 0 bridgehead atoms. The fourth-order valence-electron chi connectivity index (χ4n) is 7.12. The van der Waals surface area contributed by atoms with E-state index in [9.17, 15) is 0 Å². The van der Waals surface area contributed by atoms with Crippen LogP contribution in [0.3, 0.4) is 0 Å². The van der Waals surface area contributed by atoms with Gasteiger partial charge in [0.15, 0.2) is 0 Å². The van der Waals surface area contributed by atoms with E-state index in [0.29, 0.717) is 0 Å². The minimum absolute atomic E-state index is 1.23. The normalized spacial score (nSPS) is 11.6. The third kappa shape index (κ3) is 3.92. The van der Waals surface area contributed by atoms with Gasteiger partial charge in [-0.3, -0.25) is 0 Å². The molecule has 0 aromatic heterocycles. The third-order valence-electron chi connectivity index (χ3n) is 9.20. The number of hydrogen-bond donors (Lipinski definition) is 0. The third-order valence-corrected chi connectivity index (χ3v) is 9.20. The van der Waals surface area contributed by atoms with Gasteiger partial charge >= 0.3 is 0 Å². The summed E-state index contributed by atoms with van der Waals surface area (Å²) in [5.41, 5.74) is 7.56. The molecule has 0 aliphatic heterocycles. The Labute approximate surface area is 256 Å². The first-order valence-corrected chi connectivity index (χ1v) is 15.3. The van der Waals surface area contributed by atoms with Crippen molar-refractivity contribution in [3.05, 3.63) is 170 Å². The highest BCUT2D eigenvalue weighted by Gasteiger charge is 2.18. The molecule has 0 heterocycles. The largest absolute Gasteiger partial charge is 0.0616 e. The first-order valence-electron chi connectivity index (χ1n) is 15.3. The summed E-state index contributed by atoms with van der Waals surface area (Å²) in [6, 6.07) is 62.4. The average Bonchev–Trinajstić information content (AvgIpc) is 3.09. The molecule has 0 atom stereocenters. The fourth-order valence-corrected chi connectivity index (χ4v) is 7.12. The predicted molar refractivity (Wildman–Crippen MR) is 190 cm³/mol. The van der Waals surface area contributed by atoms with Crippen molar-refractivity contribution in [2.75, 3.05) is 0 Å². The van der Waals surface area contributed by atoms with Gasteiger partial charge in [0.05, 0.1) is 0 Å². The number of hydrogen-bond acceptors (Lipinski definition) is 0. The molecule has 0 spiro atoms. The average molecular weight is 557 g/mol. The van der Waals surface area contributed by atoms with E-state index in [4.69, 9.17) is 0 Å². The maximum atomic E-state index is 2.40. The van der Waals surface area contributed by atoms with Gasteiger partial charge in [-0.15, -0.1) is 0 Å². The van der Waals surface area contributed by atoms with E-state index in [1.54, 1.807) is 0 Å². The molecule has 9 aromatic rings. The highest BCUT2D eigenvalue weighted by atomic mass is 14.2. The van der Waals surface area contributed by atoms with Crippen molar-refractivity contribution in [3.8, 4) is 33.4 Å². The standard InChI is InChI=1S/C44H28/c1-2-12-33-26-36(25-20-29(33)10-1)44-40-18-8-7-17-39(40)43(41-27-34-13-3-4-14-35(34)28-42(41)44)32-23-21-31(22-24-32)38-19-9-15-30-11-5-6-16-37(30)38/h1-28H. The first-order chi connectivity index (χ1) is 21.8. The summed E-state index contributed by atoms with van der Waals surface area (Å²) in [7, 11) is 0. The van der Waals surface area contributed by atoms with Gasteiger partial charge in [-0.1, -0.05) is 152 Å². The van der Waals surface area contributed by atoms with Crippen molar-refractivity contribution in [2.24, 2.45) is 0 Å². The second-order valence-corrected chi connectivity index (χ2v) is 11.7. The van der Waals surface area contributed by atoms with Crippen LogP contribution in [0.25, 0.3) is 87.2 Å². The van der Waals surface area contributed by atoms with Crippen molar-refractivity contribution < 1.29 is 0 Å². The smallest absolute Gasteiger partial charge is 0.00259 e. The molecule has 9 rings (SSSR count). The quantitative estimate of drug-likeness (QED) is 0.190. The topological polar surface area (TPSA) is 0 Å². The summed E-state index contributed by atoms with van der Waals surface area (Å²) in [6.07, 6.45) is 0. The van der Waals surface area contributed by atoms with Crippen molar-refractivity contribution >= 4 is 53.9 Å². The molecule has 0 heteroatoms. The Bertz CT molecular complexity index is 2530. The Hall–Kier alpha value is -5.72. The fraction of sp³-hybridized carbons (Fsp3) is 0. The molecular weight excluding hydrogens is 528 g/mol. The van der Waals surface area contributed by atoms with Gasteiger partial charge in [0.25, 0.3) is 0 Å². The molecule has 0 amide bonds. The molecule has 0 saturated carbocycles. The Morgan fingerprint density at radius 1 is 0.227 bits per heavy atom. The van der Waals surface area contributed by atoms with Crippen molar-refractivity contribution in [1.29, 1.82) is 0 Å². The van der Waals surface area contributed by atoms with Crippen molar-refractivity contribution in [3.63, 3.8) is 0 Å². The molecule has 204 valence electrons. The molecule has 0 N–H and O–H groups in total. The number of fused-ring (bicyclic) bond motifs is 5.